The first kappa shape index (κ1) is 19.6. The van der Waals surface area contributed by atoms with Gasteiger partial charge in [-0.15, -0.1) is 0 Å². The normalized spacial score (nSPS) is 9.54. The zero-order valence-corrected chi connectivity index (χ0v) is 15.1. The van der Waals surface area contributed by atoms with Crippen molar-refractivity contribution >= 4 is 5.97 Å². The van der Waals surface area contributed by atoms with Gasteiger partial charge < -0.3 is 14.2 Å². The van der Waals surface area contributed by atoms with Crippen LogP contribution in [-0.4, -0.2) is 20.2 Å². The number of para-hydroxylation sites is 1. The van der Waals surface area contributed by atoms with E-state index in [0.717, 1.165) is 29.2 Å². The summed E-state index contributed by atoms with van der Waals surface area (Å²) in [6.45, 7) is 5.92. The number of rotatable bonds is 5. The first-order chi connectivity index (χ1) is 11.5. The Morgan fingerprint density at radius 1 is 1.00 bits per heavy atom. The number of hydrogen-bond acceptors (Lipinski definition) is 4. The van der Waals surface area contributed by atoms with Gasteiger partial charge in [0.25, 0.3) is 0 Å². The molecule has 0 saturated heterocycles. The molecule has 0 heterocycles. The molecule has 4 heteroatoms. The van der Waals surface area contributed by atoms with E-state index in [0.29, 0.717) is 6.42 Å². The van der Waals surface area contributed by atoms with E-state index in [2.05, 4.69) is 11.7 Å². The molecule has 2 rings (SSSR count). The number of esters is 1. The monoisotopic (exact) mass is 330 g/mol. The molecule has 2 aromatic carbocycles. The maximum Gasteiger partial charge on any atom is 0.305 e. The summed E-state index contributed by atoms with van der Waals surface area (Å²) < 4.78 is 15.5. The molecule has 0 aromatic heterocycles. The van der Waals surface area contributed by atoms with Crippen LogP contribution in [0.15, 0.2) is 42.5 Å². The van der Waals surface area contributed by atoms with E-state index in [1.165, 1.54) is 12.7 Å². The van der Waals surface area contributed by atoms with Crippen LogP contribution < -0.4 is 9.47 Å². The minimum absolute atomic E-state index is 0.157. The predicted molar refractivity (Wildman–Crippen MR) is 95.9 cm³/mol. The van der Waals surface area contributed by atoms with Gasteiger partial charge in [-0.2, -0.15) is 0 Å². The Morgan fingerprint density at radius 2 is 1.71 bits per heavy atom. The summed E-state index contributed by atoms with van der Waals surface area (Å²) in [5, 5.41) is 0. The average molecular weight is 330 g/mol. The van der Waals surface area contributed by atoms with Crippen molar-refractivity contribution in [2.45, 2.75) is 33.6 Å². The van der Waals surface area contributed by atoms with E-state index >= 15 is 0 Å². The van der Waals surface area contributed by atoms with Gasteiger partial charge in [0.1, 0.15) is 17.2 Å². The van der Waals surface area contributed by atoms with Crippen LogP contribution >= 0.6 is 0 Å². The van der Waals surface area contributed by atoms with Crippen LogP contribution in [0.25, 0.3) is 0 Å². The molecule has 0 N–H and O–H groups in total. The maximum atomic E-state index is 9.96. The minimum atomic E-state index is -0.157. The summed E-state index contributed by atoms with van der Waals surface area (Å²) in [6, 6.07) is 14.0. The van der Waals surface area contributed by atoms with Gasteiger partial charge in [-0.1, -0.05) is 38.1 Å². The number of benzene rings is 2. The van der Waals surface area contributed by atoms with Crippen molar-refractivity contribution in [1.82, 2.24) is 0 Å². The fourth-order valence-corrected chi connectivity index (χ4v) is 1.98. The largest absolute Gasteiger partial charge is 0.497 e. The average Bonchev–Trinajstić information content (AvgIpc) is 2.63. The van der Waals surface area contributed by atoms with Crippen molar-refractivity contribution in [3.63, 3.8) is 0 Å². The molecule has 0 saturated carbocycles. The highest BCUT2D eigenvalue weighted by Gasteiger charge is 2.07. The smallest absolute Gasteiger partial charge is 0.305 e. The van der Waals surface area contributed by atoms with Gasteiger partial charge in [0, 0.05) is 12.5 Å². The standard InChI is InChI=1S/C16H18O2.C4H8O2/c1-4-13-9-10-14(17-3)11-16(13)18-15-8-6-5-7-12(15)2;1-3-4(5)6-2/h5-11H,4H2,1-3H3;3H2,1-2H3. The molecule has 0 aliphatic heterocycles. The summed E-state index contributed by atoms with van der Waals surface area (Å²) in [5.74, 6) is 2.41. The van der Waals surface area contributed by atoms with Crippen molar-refractivity contribution < 1.29 is 19.0 Å². The summed E-state index contributed by atoms with van der Waals surface area (Å²) >= 11 is 0. The van der Waals surface area contributed by atoms with Crippen LogP contribution in [-0.2, 0) is 16.0 Å². The maximum absolute atomic E-state index is 9.96. The Morgan fingerprint density at radius 3 is 2.21 bits per heavy atom. The first-order valence-corrected chi connectivity index (χ1v) is 8.02. The molecule has 2 aromatic rings. The lowest BCUT2D eigenvalue weighted by atomic mass is 10.1. The van der Waals surface area contributed by atoms with Gasteiger partial charge in [-0.25, -0.2) is 0 Å². The van der Waals surface area contributed by atoms with Crippen molar-refractivity contribution in [1.29, 1.82) is 0 Å². The van der Waals surface area contributed by atoms with Crippen LogP contribution in [0.1, 0.15) is 31.4 Å². The molecule has 130 valence electrons. The molecular formula is C20H26O4. The number of carbonyl (C=O) groups is 1. The first-order valence-electron chi connectivity index (χ1n) is 8.02. The summed E-state index contributed by atoms with van der Waals surface area (Å²) in [5.41, 5.74) is 2.31. The number of carbonyl (C=O) groups excluding carboxylic acids is 1. The minimum Gasteiger partial charge on any atom is -0.497 e. The van der Waals surface area contributed by atoms with E-state index in [4.69, 9.17) is 9.47 Å². The van der Waals surface area contributed by atoms with E-state index in [1.807, 2.05) is 49.4 Å². The topological polar surface area (TPSA) is 44.8 Å². The fraction of sp³-hybridized carbons (Fsp3) is 0.350. The number of hydrogen-bond donors (Lipinski definition) is 0. The third kappa shape index (κ3) is 5.95. The molecule has 0 bridgehead atoms. The second-order valence-electron chi connectivity index (χ2n) is 5.12. The highest BCUT2D eigenvalue weighted by atomic mass is 16.5. The van der Waals surface area contributed by atoms with Gasteiger partial charge in [0.05, 0.1) is 14.2 Å². The predicted octanol–water partition coefficient (Wildman–Crippen LogP) is 4.93. The third-order valence-electron chi connectivity index (χ3n) is 3.49. The van der Waals surface area contributed by atoms with E-state index in [-0.39, 0.29) is 5.97 Å². The molecule has 0 amide bonds. The second-order valence-corrected chi connectivity index (χ2v) is 5.12. The van der Waals surface area contributed by atoms with Gasteiger partial charge in [0.15, 0.2) is 0 Å². The van der Waals surface area contributed by atoms with Crippen LogP contribution in [0.4, 0.5) is 0 Å². The lowest BCUT2D eigenvalue weighted by Gasteiger charge is -2.13. The lowest BCUT2D eigenvalue weighted by Crippen LogP contribution is -1.94. The molecule has 0 radical (unpaired) electrons. The number of ether oxygens (including phenoxy) is 3. The Kier molecular flexibility index (Phi) is 8.41. The Balaban J connectivity index is 0.000000413. The Labute approximate surface area is 144 Å². The molecular weight excluding hydrogens is 304 g/mol. The molecule has 0 aliphatic carbocycles. The van der Waals surface area contributed by atoms with Crippen LogP contribution in [0.3, 0.4) is 0 Å². The van der Waals surface area contributed by atoms with Crippen LogP contribution in [0, 0.1) is 6.92 Å². The van der Waals surface area contributed by atoms with Gasteiger partial charge in [0.2, 0.25) is 0 Å². The zero-order chi connectivity index (χ0) is 17.9. The van der Waals surface area contributed by atoms with Crippen molar-refractivity contribution in [3.05, 3.63) is 53.6 Å². The SMILES string of the molecule is CCC(=O)OC.CCc1ccc(OC)cc1Oc1ccccc1C. The molecule has 0 unspecified atom stereocenters. The number of methoxy groups -OCH3 is 2. The van der Waals surface area contributed by atoms with Crippen molar-refractivity contribution in [3.8, 4) is 17.2 Å². The van der Waals surface area contributed by atoms with Gasteiger partial charge in [-0.05, 0) is 36.6 Å². The van der Waals surface area contributed by atoms with Crippen LogP contribution in [0.5, 0.6) is 17.2 Å². The Hall–Kier alpha value is -2.49. The molecule has 4 nitrogen and oxygen atoms in total. The highest BCUT2D eigenvalue weighted by Crippen LogP contribution is 2.31. The third-order valence-corrected chi connectivity index (χ3v) is 3.49. The quantitative estimate of drug-likeness (QED) is 0.729. The van der Waals surface area contributed by atoms with Gasteiger partial charge in [-0.3, -0.25) is 4.79 Å². The van der Waals surface area contributed by atoms with Crippen molar-refractivity contribution in [2.24, 2.45) is 0 Å². The number of aryl methyl sites for hydroxylation is 2. The van der Waals surface area contributed by atoms with Crippen LogP contribution in [0.2, 0.25) is 0 Å². The molecule has 24 heavy (non-hydrogen) atoms. The fourth-order valence-electron chi connectivity index (χ4n) is 1.98. The molecule has 0 fully saturated rings. The second kappa shape index (κ2) is 10.3. The lowest BCUT2D eigenvalue weighted by molar-refractivity contribution is -0.140. The molecule has 0 aliphatic rings. The van der Waals surface area contributed by atoms with E-state index < -0.39 is 0 Å². The van der Waals surface area contributed by atoms with E-state index in [9.17, 15) is 4.79 Å². The molecule has 0 spiro atoms. The highest BCUT2D eigenvalue weighted by molar-refractivity contribution is 5.68. The van der Waals surface area contributed by atoms with E-state index in [1.54, 1.807) is 14.0 Å². The van der Waals surface area contributed by atoms with Crippen molar-refractivity contribution in [2.75, 3.05) is 14.2 Å². The summed E-state index contributed by atoms with van der Waals surface area (Å²) in [4.78, 5) is 9.96. The zero-order valence-electron chi connectivity index (χ0n) is 15.1. The summed E-state index contributed by atoms with van der Waals surface area (Å²) in [6.07, 6.45) is 1.40. The summed E-state index contributed by atoms with van der Waals surface area (Å²) in [7, 11) is 3.05. The molecule has 0 atom stereocenters. The van der Waals surface area contributed by atoms with Gasteiger partial charge >= 0.3 is 5.97 Å². The Bertz CT molecular complexity index is 644.